The molecule has 2 atom stereocenters. The Morgan fingerprint density at radius 3 is 2.74 bits per heavy atom. The van der Waals surface area contributed by atoms with Crippen LogP contribution in [0.15, 0.2) is 58.7 Å². The van der Waals surface area contributed by atoms with Gasteiger partial charge in [-0.3, -0.25) is 4.79 Å². The third kappa shape index (κ3) is 3.81. The molecule has 4 rings (SSSR count). The van der Waals surface area contributed by atoms with Gasteiger partial charge in [-0.15, -0.1) is 4.40 Å². The van der Waals surface area contributed by atoms with E-state index in [1.54, 1.807) is 28.2 Å². The van der Waals surface area contributed by atoms with E-state index in [2.05, 4.69) is 4.40 Å². The molecule has 1 saturated heterocycles. The van der Waals surface area contributed by atoms with E-state index in [0.717, 1.165) is 5.56 Å². The second-order valence-corrected chi connectivity index (χ2v) is 8.66. The zero-order valence-corrected chi connectivity index (χ0v) is 15.8. The second-order valence-electron chi connectivity index (χ2n) is 6.90. The first-order chi connectivity index (χ1) is 12.9. The number of ether oxygens (including phenoxy) is 1. The number of nitrogens with zero attached hydrogens (tertiary/aromatic N) is 3. The molecule has 7 nitrogen and oxygen atoms in total. The molecular weight excluding hydrogens is 366 g/mol. The van der Waals surface area contributed by atoms with Gasteiger partial charge >= 0.3 is 0 Å². The predicted molar refractivity (Wildman–Crippen MR) is 101 cm³/mol. The van der Waals surface area contributed by atoms with E-state index < -0.39 is 10.0 Å². The lowest BCUT2D eigenvalue weighted by Gasteiger charge is -2.38. The molecule has 0 N–H and O–H groups in total. The molecule has 1 fully saturated rings. The summed E-state index contributed by atoms with van der Waals surface area (Å²) in [6, 6.07) is 9.88. The number of carbonyl (C=O) groups is 1. The van der Waals surface area contributed by atoms with E-state index >= 15 is 0 Å². The molecule has 1 aromatic carbocycles. The Morgan fingerprint density at radius 1 is 1.19 bits per heavy atom. The maximum atomic E-state index is 13.0. The highest BCUT2D eigenvalue weighted by Gasteiger charge is 2.32. The van der Waals surface area contributed by atoms with E-state index in [1.165, 1.54) is 0 Å². The van der Waals surface area contributed by atoms with E-state index in [-0.39, 0.29) is 23.9 Å². The first-order valence-corrected chi connectivity index (χ1v) is 10.5. The first kappa shape index (κ1) is 17.9. The molecule has 142 valence electrons. The fraction of sp³-hybridized carbons (Fsp3) is 0.368. The molecule has 2 unspecified atom stereocenters. The van der Waals surface area contributed by atoms with Crippen LogP contribution in [-0.2, 0) is 19.6 Å². The minimum absolute atomic E-state index is 0.0486. The number of hydrogen-bond acceptors (Lipinski definition) is 5. The summed E-state index contributed by atoms with van der Waals surface area (Å²) in [6.45, 7) is 3.26. The Bertz CT molecular complexity index is 937. The third-order valence-electron chi connectivity index (χ3n) is 4.79. The van der Waals surface area contributed by atoms with Gasteiger partial charge in [0.25, 0.3) is 15.9 Å². The molecule has 0 radical (unpaired) electrons. The summed E-state index contributed by atoms with van der Waals surface area (Å²) in [5.41, 5.74) is 1.57. The van der Waals surface area contributed by atoms with Crippen molar-refractivity contribution < 1.29 is 17.9 Å². The highest BCUT2D eigenvalue weighted by Crippen LogP contribution is 2.27. The van der Waals surface area contributed by atoms with Crippen LogP contribution >= 0.6 is 0 Å². The molecule has 1 aromatic rings. The zero-order chi connectivity index (χ0) is 19.0. The fourth-order valence-corrected chi connectivity index (χ4v) is 4.45. The summed E-state index contributed by atoms with van der Waals surface area (Å²) >= 11 is 0. The van der Waals surface area contributed by atoms with E-state index in [4.69, 9.17) is 4.74 Å². The molecule has 0 aromatic heterocycles. The molecule has 8 heteroatoms. The van der Waals surface area contributed by atoms with Crippen molar-refractivity contribution in [2.45, 2.75) is 19.1 Å². The van der Waals surface area contributed by atoms with Crippen molar-refractivity contribution in [2.24, 2.45) is 4.40 Å². The van der Waals surface area contributed by atoms with Gasteiger partial charge in [-0.2, -0.15) is 0 Å². The maximum Gasteiger partial charge on any atom is 0.256 e. The Morgan fingerprint density at radius 2 is 1.96 bits per heavy atom. The number of carbonyl (C=O) groups excluding carboxylic acids is 1. The van der Waals surface area contributed by atoms with Gasteiger partial charge in [0.2, 0.25) is 0 Å². The molecule has 0 saturated carbocycles. The number of benzene rings is 1. The van der Waals surface area contributed by atoms with Crippen molar-refractivity contribution in [3.05, 3.63) is 59.8 Å². The number of amides is 1. The summed E-state index contributed by atoms with van der Waals surface area (Å²) in [5.74, 6) is 0.220. The van der Waals surface area contributed by atoms with Crippen molar-refractivity contribution in [1.29, 1.82) is 0 Å². The molecule has 0 bridgehead atoms. The average Bonchev–Trinajstić information content (AvgIpc) is 2.66. The number of fused-ring (bicyclic) bond motifs is 1. The minimum Gasteiger partial charge on any atom is -0.367 e. The van der Waals surface area contributed by atoms with Gasteiger partial charge in [-0.1, -0.05) is 30.3 Å². The van der Waals surface area contributed by atoms with Crippen molar-refractivity contribution in [2.75, 3.05) is 25.4 Å². The molecule has 3 heterocycles. The van der Waals surface area contributed by atoms with Crippen molar-refractivity contribution in [3.8, 4) is 0 Å². The molecule has 3 aliphatic heterocycles. The summed E-state index contributed by atoms with van der Waals surface area (Å²) in [5, 5.41) is 0. The lowest BCUT2D eigenvalue weighted by atomic mass is 10.1. The zero-order valence-electron chi connectivity index (χ0n) is 15.0. The maximum absolute atomic E-state index is 13.0. The van der Waals surface area contributed by atoms with Crippen molar-refractivity contribution in [1.82, 2.24) is 9.80 Å². The van der Waals surface area contributed by atoms with Crippen LogP contribution < -0.4 is 0 Å². The smallest absolute Gasteiger partial charge is 0.256 e. The lowest BCUT2D eigenvalue weighted by Crippen LogP contribution is -2.47. The summed E-state index contributed by atoms with van der Waals surface area (Å²) in [6.07, 6.45) is 4.68. The largest absolute Gasteiger partial charge is 0.367 e. The van der Waals surface area contributed by atoms with E-state index in [0.29, 0.717) is 31.0 Å². The van der Waals surface area contributed by atoms with Gasteiger partial charge < -0.3 is 14.5 Å². The SMILES string of the molecule is CC1CN(C(=O)C2=CN3CCS(=O)(=O)N=C3C=C2)CC(c2ccccc2)O1. The number of rotatable bonds is 2. The van der Waals surface area contributed by atoms with Crippen LogP contribution in [0.1, 0.15) is 18.6 Å². The number of sulfonamides is 1. The van der Waals surface area contributed by atoms with Crippen LogP contribution in [0.5, 0.6) is 0 Å². The van der Waals surface area contributed by atoms with Gasteiger partial charge in [0.05, 0.1) is 24.0 Å². The van der Waals surface area contributed by atoms with Gasteiger partial charge in [-0.05, 0) is 24.6 Å². The highest BCUT2D eigenvalue weighted by molar-refractivity contribution is 7.90. The highest BCUT2D eigenvalue weighted by atomic mass is 32.2. The molecule has 3 aliphatic rings. The predicted octanol–water partition coefficient (Wildman–Crippen LogP) is 1.47. The molecular formula is C19H21N3O4S. The Balaban J connectivity index is 1.53. The van der Waals surface area contributed by atoms with Gasteiger partial charge in [0, 0.05) is 19.3 Å². The third-order valence-corrected chi connectivity index (χ3v) is 5.95. The van der Waals surface area contributed by atoms with Crippen LogP contribution in [0.4, 0.5) is 0 Å². The monoisotopic (exact) mass is 387 g/mol. The molecule has 0 spiro atoms. The van der Waals surface area contributed by atoms with Gasteiger partial charge in [0.1, 0.15) is 11.9 Å². The number of amidine groups is 1. The van der Waals surface area contributed by atoms with Crippen LogP contribution in [0.2, 0.25) is 0 Å². The van der Waals surface area contributed by atoms with Crippen molar-refractivity contribution in [3.63, 3.8) is 0 Å². The summed E-state index contributed by atoms with van der Waals surface area (Å²) in [4.78, 5) is 16.6. The van der Waals surface area contributed by atoms with E-state index in [1.807, 2.05) is 37.3 Å². The molecule has 0 aliphatic carbocycles. The Kier molecular flexibility index (Phi) is 4.61. The van der Waals surface area contributed by atoms with Crippen LogP contribution in [-0.4, -0.2) is 61.5 Å². The van der Waals surface area contributed by atoms with Gasteiger partial charge in [0.15, 0.2) is 0 Å². The summed E-state index contributed by atoms with van der Waals surface area (Å²) in [7, 11) is -3.40. The van der Waals surface area contributed by atoms with Crippen LogP contribution in [0.3, 0.4) is 0 Å². The average molecular weight is 387 g/mol. The van der Waals surface area contributed by atoms with Gasteiger partial charge in [-0.25, -0.2) is 8.42 Å². The number of hydrogen-bond donors (Lipinski definition) is 0. The normalized spacial score (nSPS) is 26.9. The van der Waals surface area contributed by atoms with E-state index in [9.17, 15) is 13.2 Å². The van der Waals surface area contributed by atoms with Crippen LogP contribution in [0, 0.1) is 0 Å². The second kappa shape index (κ2) is 6.94. The summed E-state index contributed by atoms with van der Waals surface area (Å²) < 4.78 is 33.0. The minimum atomic E-state index is -3.40. The Hall–Kier alpha value is -2.45. The number of morpholine rings is 1. The molecule has 27 heavy (non-hydrogen) atoms. The van der Waals surface area contributed by atoms with Crippen LogP contribution in [0.25, 0.3) is 0 Å². The quantitative estimate of drug-likeness (QED) is 0.768. The first-order valence-electron chi connectivity index (χ1n) is 8.90. The molecule has 1 amide bonds. The van der Waals surface area contributed by atoms with Crippen molar-refractivity contribution >= 4 is 21.8 Å². The fourth-order valence-electron chi connectivity index (χ4n) is 3.48. The lowest BCUT2D eigenvalue weighted by molar-refractivity contribution is -0.140. The Labute approximate surface area is 158 Å². The topological polar surface area (TPSA) is 79.3 Å². The standard InChI is InChI=1S/C19H21N3O4S/c1-14-11-22(13-17(26-14)15-5-3-2-4-6-15)19(23)16-7-8-18-20-27(24,25)10-9-21(18)12-16/h2-8,12,14,17H,9-11,13H2,1H3.